The SMILES string of the molecule is C=COCCOc1ccc2c(C)cc(=O)oc2c1. The fourth-order valence-corrected chi connectivity index (χ4v) is 1.69. The van der Waals surface area contributed by atoms with Crippen LogP contribution in [-0.2, 0) is 4.74 Å². The Bertz CT molecular complexity index is 613. The number of aryl methyl sites for hydroxylation is 1. The van der Waals surface area contributed by atoms with E-state index in [0.717, 1.165) is 10.9 Å². The molecular weight excluding hydrogens is 232 g/mol. The summed E-state index contributed by atoms with van der Waals surface area (Å²) in [6, 6.07) is 6.89. The van der Waals surface area contributed by atoms with Crippen molar-refractivity contribution >= 4 is 11.0 Å². The van der Waals surface area contributed by atoms with Gasteiger partial charge in [-0.05, 0) is 24.6 Å². The minimum Gasteiger partial charge on any atom is -0.498 e. The summed E-state index contributed by atoms with van der Waals surface area (Å²) in [5, 5.41) is 0.907. The molecule has 0 aliphatic rings. The van der Waals surface area contributed by atoms with Crippen molar-refractivity contribution in [3.05, 3.63) is 53.1 Å². The molecular formula is C14H14O4. The summed E-state index contributed by atoms with van der Waals surface area (Å²) in [4.78, 5) is 11.3. The van der Waals surface area contributed by atoms with Gasteiger partial charge in [-0.2, -0.15) is 0 Å². The van der Waals surface area contributed by atoms with Crippen LogP contribution in [0.25, 0.3) is 11.0 Å². The number of hydrogen-bond acceptors (Lipinski definition) is 4. The largest absolute Gasteiger partial charge is 0.498 e. The number of rotatable bonds is 5. The first-order valence-corrected chi connectivity index (χ1v) is 5.60. The van der Waals surface area contributed by atoms with Crippen LogP contribution in [0.4, 0.5) is 0 Å². The molecule has 2 aromatic rings. The van der Waals surface area contributed by atoms with Gasteiger partial charge in [0.2, 0.25) is 0 Å². The predicted molar refractivity (Wildman–Crippen MR) is 68.9 cm³/mol. The van der Waals surface area contributed by atoms with Crippen LogP contribution in [-0.4, -0.2) is 13.2 Å². The number of ether oxygens (including phenoxy) is 2. The molecule has 0 aliphatic heterocycles. The van der Waals surface area contributed by atoms with Crippen molar-refractivity contribution in [1.82, 2.24) is 0 Å². The lowest BCUT2D eigenvalue weighted by Gasteiger charge is -2.07. The van der Waals surface area contributed by atoms with Crippen LogP contribution in [0, 0.1) is 6.92 Å². The summed E-state index contributed by atoms with van der Waals surface area (Å²) in [5.74, 6) is 0.643. The summed E-state index contributed by atoms with van der Waals surface area (Å²) >= 11 is 0. The maximum absolute atomic E-state index is 11.3. The standard InChI is InChI=1S/C14H14O4/c1-3-16-6-7-17-11-4-5-12-10(2)8-14(15)18-13(12)9-11/h3-5,8-9H,1,6-7H2,2H3. The lowest BCUT2D eigenvalue weighted by molar-refractivity contribution is 0.179. The average Bonchev–Trinajstić information content (AvgIpc) is 2.34. The molecule has 18 heavy (non-hydrogen) atoms. The van der Waals surface area contributed by atoms with Gasteiger partial charge in [-0.3, -0.25) is 0 Å². The van der Waals surface area contributed by atoms with Gasteiger partial charge in [0.1, 0.15) is 24.5 Å². The molecule has 0 fully saturated rings. The third kappa shape index (κ3) is 2.71. The first-order chi connectivity index (χ1) is 8.70. The fraction of sp³-hybridized carbons (Fsp3) is 0.214. The van der Waals surface area contributed by atoms with Crippen LogP contribution in [0.2, 0.25) is 0 Å². The molecule has 1 heterocycles. The smallest absolute Gasteiger partial charge is 0.336 e. The van der Waals surface area contributed by atoms with Crippen LogP contribution in [0.1, 0.15) is 5.56 Å². The van der Waals surface area contributed by atoms with Crippen molar-refractivity contribution in [1.29, 1.82) is 0 Å². The van der Waals surface area contributed by atoms with E-state index in [9.17, 15) is 4.79 Å². The quantitative estimate of drug-likeness (QED) is 0.462. The van der Waals surface area contributed by atoms with Crippen LogP contribution in [0.15, 0.2) is 46.3 Å². The van der Waals surface area contributed by atoms with E-state index in [-0.39, 0.29) is 5.63 Å². The minimum absolute atomic E-state index is 0.354. The van der Waals surface area contributed by atoms with E-state index in [4.69, 9.17) is 13.9 Å². The van der Waals surface area contributed by atoms with E-state index < -0.39 is 0 Å². The van der Waals surface area contributed by atoms with Crippen molar-refractivity contribution in [2.24, 2.45) is 0 Å². The van der Waals surface area contributed by atoms with Crippen molar-refractivity contribution in [2.45, 2.75) is 6.92 Å². The van der Waals surface area contributed by atoms with E-state index in [2.05, 4.69) is 6.58 Å². The van der Waals surface area contributed by atoms with Gasteiger partial charge in [-0.1, -0.05) is 6.58 Å². The zero-order valence-electron chi connectivity index (χ0n) is 10.1. The summed E-state index contributed by atoms with van der Waals surface area (Å²) in [6.45, 7) is 6.15. The van der Waals surface area contributed by atoms with Crippen molar-refractivity contribution in [3.8, 4) is 5.75 Å². The Morgan fingerprint density at radius 2 is 2.17 bits per heavy atom. The molecule has 4 nitrogen and oxygen atoms in total. The first-order valence-electron chi connectivity index (χ1n) is 5.60. The molecule has 1 aromatic heterocycles. The van der Waals surface area contributed by atoms with Gasteiger partial charge < -0.3 is 13.9 Å². The van der Waals surface area contributed by atoms with Gasteiger partial charge in [0.25, 0.3) is 0 Å². The van der Waals surface area contributed by atoms with E-state index in [0.29, 0.717) is 24.5 Å². The molecule has 0 amide bonds. The maximum Gasteiger partial charge on any atom is 0.336 e. The average molecular weight is 246 g/mol. The molecule has 0 saturated carbocycles. The minimum atomic E-state index is -0.354. The third-order valence-corrected chi connectivity index (χ3v) is 2.51. The van der Waals surface area contributed by atoms with Gasteiger partial charge in [-0.25, -0.2) is 4.79 Å². The Morgan fingerprint density at radius 3 is 2.94 bits per heavy atom. The Kier molecular flexibility index (Phi) is 3.67. The highest BCUT2D eigenvalue weighted by Gasteiger charge is 2.03. The molecule has 94 valence electrons. The molecule has 0 N–H and O–H groups in total. The normalized spacial score (nSPS) is 10.3. The molecule has 4 heteroatoms. The predicted octanol–water partition coefficient (Wildman–Crippen LogP) is 2.64. The van der Waals surface area contributed by atoms with Crippen LogP contribution >= 0.6 is 0 Å². The van der Waals surface area contributed by atoms with E-state index in [1.54, 1.807) is 6.07 Å². The lowest BCUT2D eigenvalue weighted by Crippen LogP contribution is -2.04. The van der Waals surface area contributed by atoms with Crippen LogP contribution < -0.4 is 10.4 Å². The van der Waals surface area contributed by atoms with Crippen molar-refractivity contribution < 1.29 is 13.9 Å². The number of benzene rings is 1. The van der Waals surface area contributed by atoms with Gasteiger partial charge >= 0.3 is 5.63 Å². The van der Waals surface area contributed by atoms with Gasteiger partial charge in [0.05, 0.1) is 6.26 Å². The van der Waals surface area contributed by atoms with Gasteiger partial charge in [-0.15, -0.1) is 0 Å². The molecule has 0 saturated heterocycles. The summed E-state index contributed by atoms with van der Waals surface area (Å²) in [5.41, 5.74) is 1.07. The monoisotopic (exact) mass is 246 g/mol. The summed E-state index contributed by atoms with van der Waals surface area (Å²) in [6.07, 6.45) is 1.37. The Morgan fingerprint density at radius 1 is 1.33 bits per heavy atom. The lowest BCUT2D eigenvalue weighted by atomic mass is 10.1. The fourth-order valence-electron chi connectivity index (χ4n) is 1.69. The first kappa shape index (κ1) is 12.2. The van der Waals surface area contributed by atoms with Gasteiger partial charge in [0, 0.05) is 17.5 Å². The van der Waals surface area contributed by atoms with Crippen molar-refractivity contribution in [2.75, 3.05) is 13.2 Å². The zero-order valence-corrected chi connectivity index (χ0v) is 10.1. The zero-order chi connectivity index (χ0) is 13.0. The summed E-state index contributed by atoms with van der Waals surface area (Å²) in [7, 11) is 0. The van der Waals surface area contributed by atoms with Crippen molar-refractivity contribution in [3.63, 3.8) is 0 Å². The second-order valence-corrected chi connectivity index (χ2v) is 3.79. The second-order valence-electron chi connectivity index (χ2n) is 3.79. The van der Waals surface area contributed by atoms with Gasteiger partial charge in [0.15, 0.2) is 0 Å². The van der Waals surface area contributed by atoms with Crippen LogP contribution in [0.3, 0.4) is 0 Å². The maximum atomic E-state index is 11.3. The molecule has 0 bridgehead atoms. The number of hydrogen-bond donors (Lipinski definition) is 0. The molecule has 1 aromatic carbocycles. The van der Waals surface area contributed by atoms with E-state index in [1.165, 1.54) is 12.3 Å². The summed E-state index contributed by atoms with van der Waals surface area (Å²) < 4.78 is 15.5. The highest BCUT2D eigenvalue weighted by molar-refractivity contribution is 5.81. The topological polar surface area (TPSA) is 48.7 Å². The Hall–Kier alpha value is -2.23. The van der Waals surface area contributed by atoms with E-state index in [1.807, 2.05) is 19.1 Å². The third-order valence-electron chi connectivity index (χ3n) is 2.51. The molecule has 0 radical (unpaired) electrons. The Balaban J connectivity index is 2.21. The highest BCUT2D eigenvalue weighted by atomic mass is 16.5. The molecule has 0 spiro atoms. The molecule has 0 unspecified atom stereocenters. The van der Waals surface area contributed by atoms with Crippen LogP contribution in [0.5, 0.6) is 5.75 Å². The molecule has 0 atom stereocenters. The highest BCUT2D eigenvalue weighted by Crippen LogP contribution is 2.22. The second kappa shape index (κ2) is 5.40. The molecule has 0 aliphatic carbocycles. The Labute approximate surface area is 104 Å². The molecule has 2 rings (SSSR count). The van der Waals surface area contributed by atoms with E-state index >= 15 is 0 Å². The number of fused-ring (bicyclic) bond motifs is 1.